The van der Waals surface area contributed by atoms with Gasteiger partial charge >= 0.3 is 5.97 Å². The molecule has 39 heavy (non-hydrogen) atoms. The molecule has 2 amide bonds. The molecule has 1 aliphatic rings. The Labute approximate surface area is 226 Å². The van der Waals surface area contributed by atoms with Gasteiger partial charge in [0, 0.05) is 5.56 Å². The number of carbonyl (C=O) groups is 3. The summed E-state index contributed by atoms with van der Waals surface area (Å²) in [6.45, 7) is 5.46. The predicted molar refractivity (Wildman–Crippen MR) is 146 cm³/mol. The largest absolute Gasteiger partial charge is 0.494 e. The summed E-state index contributed by atoms with van der Waals surface area (Å²) in [5, 5.41) is 33.7. The molecule has 1 unspecified atom stereocenters. The van der Waals surface area contributed by atoms with Crippen LogP contribution in [0, 0.1) is 0 Å². The quantitative estimate of drug-likeness (QED) is 0.343. The van der Waals surface area contributed by atoms with Gasteiger partial charge in [-0.15, -0.1) is 0 Å². The lowest BCUT2D eigenvalue weighted by molar-refractivity contribution is -0.138. The van der Waals surface area contributed by atoms with E-state index in [0.29, 0.717) is 16.8 Å². The van der Waals surface area contributed by atoms with E-state index in [0.717, 1.165) is 20.9 Å². The number of aliphatic carboxylic acids is 1. The number of carbonyl (C=O) groups excluding carboxylic acids is 2. The molecule has 1 heterocycles. The lowest BCUT2D eigenvalue weighted by Crippen LogP contribution is -2.57. The molecule has 9 nitrogen and oxygen atoms in total. The van der Waals surface area contributed by atoms with Gasteiger partial charge in [-0.25, -0.2) is 0 Å². The van der Waals surface area contributed by atoms with Crippen LogP contribution in [0.3, 0.4) is 0 Å². The number of nitrogens with zero attached hydrogens (tertiary/aromatic N) is 2. The van der Waals surface area contributed by atoms with Gasteiger partial charge in [0.05, 0.1) is 12.2 Å². The van der Waals surface area contributed by atoms with E-state index in [-0.39, 0.29) is 12.0 Å². The van der Waals surface area contributed by atoms with Crippen molar-refractivity contribution in [3.8, 4) is 11.1 Å². The maximum absolute atomic E-state index is 13.7. The molecule has 4 rings (SSSR count). The first-order valence-corrected chi connectivity index (χ1v) is 12.4. The molecule has 0 saturated carbocycles. The molecule has 3 aromatic carbocycles. The van der Waals surface area contributed by atoms with Crippen LogP contribution in [0.4, 0.5) is 5.69 Å². The molecule has 0 radical (unpaired) electrons. The van der Waals surface area contributed by atoms with Gasteiger partial charge in [0.15, 0.2) is 5.57 Å². The third-order valence-electron chi connectivity index (χ3n) is 6.49. The van der Waals surface area contributed by atoms with Gasteiger partial charge in [-0.05, 0) is 28.2 Å². The Kier molecular flexibility index (Phi) is 7.73. The van der Waals surface area contributed by atoms with E-state index in [9.17, 15) is 24.6 Å². The van der Waals surface area contributed by atoms with Crippen LogP contribution in [-0.4, -0.2) is 50.9 Å². The number of para-hydroxylation sites is 1. The number of nitrogens with one attached hydrogen (secondary N) is 1. The molecule has 9 heteroatoms. The molecule has 0 aromatic heterocycles. The number of benzene rings is 3. The fraction of sp³-hybridized carbons (Fsp3) is 0.233. The van der Waals surface area contributed by atoms with Crippen molar-refractivity contribution in [3.05, 3.63) is 101 Å². The molecule has 1 aliphatic heterocycles. The Morgan fingerprint density at radius 1 is 0.923 bits per heavy atom. The number of amides is 2. The van der Waals surface area contributed by atoms with E-state index in [2.05, 4.69) is 26.1 Å². The number of anilines is 1. The van der Waals surface area contributed by atoms with Crippen molar-refractivity contribution in [3.63, 3.8) is 0 Å². The van der Waals surface area contributed by atoms with Crippen LogP contribution in [0.5, 0.6) is 0 Å². The van der Waals surface area contributed by atoms with E-state index >= 15 is 0 Å². The Morgan fingerprint density at radius 2 is 1.54 bits per heavy atom. The maximum Gasteiger partial charge on any atom is 0.322 e. The van der Waals surface area contributed by atoms with Gasteiger partial charge in [0.25, 0.3) is 11.8 Å². The zero-order chi connectivity index (χ0) is 28.3. The normalized spacial score (nSPS) is 15.9. The first-order valence-electron chi connectivity index (χ1n) is 12.4. The molecular formula is C30H31N3O6. The van der Waals surface area contributed by atoms with Crippen molar-refractivity contribution >= 4 is 23.5 Å². The van der Waals surface area contributed by atoms with Crippen LogP contribution in [0.25, 0.3) is 11.1 Å². The Morgan fingerprint density at radius 3 is 2.15 bits per heavy atom. The lowest BCUT2D eigenvalue weighted by atomic mass is 9.87. The molecule has 4 N–H and O–H groups in total. The minimum absolute atomic E-state index is 0.0373. The number of aliphatic hydroxyl groups excluding tert-OH is 2. The van der Waals surface area contributed by atoms with Crippen LogP contribution < -0.4 is 10.2 Å². The van der Waals surface area contributed by atoms with E-state index in [1.807, 2.05) is 54.6 Å². The average Bonchev–Trinajstić information content (AvgIpc) is 2.90. The second-order valence-electron chi connectivity index (χ2n) is 10.3. The molecule has 0 aliphatic carbocycles. The Bertz CT molecular complexity index is 1410. The van der Waals surface area contributed by atoms with Gasteiger partial charge in [-0.2, -0.15) is 0 Å². The first kappa shape index (κ1) is 27.4. The maximum atomic E-state index is 13.7. The molecule has 1 atom stereocenters. The molecule has 0 spiro atoms. The predicted octanol–water partition coefficient (Wildman–Crippen LogP) is 3.75. The fourth-order valence-corrected chi connectivity index (χ4v) is 4.40. The molecule has 202 valence electrons. The minimum atomic E-state index is -1.67. The average molecular weight is 530 g/mol. The number of carboxylic acid groups (broad SMARTS) is 1. The zero-order valence-electron chi connectivity index (χ0n) is 22.0. The number of carboxylic acids is 1. The standard InChI is InChI=1S/C30H31N3O6/c1-30(2,3)21-15-13-19(14-16-21)18-32-27(37)25(26(36)31-17-24(34)35)28(38)33(29(32)39)23-12-8-7-11-22(23)20-9-5-4-6-10-20/h4-16,29,37,39H,17-18H2,1-3H3,(H,31,36)(H,34,35). The fourth-order valence-electron chi connectivity index (χ4n) is 4.40. The van der Waals surface area contributed by atoms with Gasteiger partial charge < -0.3 is 20.6 Å². The summed E-state index contributed by atoms with van der Waals surface area (Å²) in [6.07, 6.45) is -1.67. The summed E-state index contributed by atoms with van der Waals surface area (Å²) in [7, 11) is 0. The number of aliphatic hydroxyl groups is 2. The minimum Gasteiger partial charge on any atom is -0.494 e. The van der Waals surface area contributed by atoms with Crippen LogP contribution >= 0.6 is 0 Å². The second kappa shape index (κ2) is 11.0. The monoisotopic (exact) mass is 529 g/mol. The highest BCUT2D eigenvalue weighted by Crippen LogP contribution is 2.36. The topological polar surface area (TPSA) is 130 Å². The SMILES string of the molecule is CC(C)(C)c1ccc(CN2C(O)=C(C(=O)NCC(=O)O)C(=O)N(c3ccccc3-c3ccccc3)C2O)cc1. The van der Waals surface area contributed by atoms with E-state index < -0.39 is 42.1 Å². The highest BCUT2D eigenvalue weighted by atomic mass is 16.4. The van der Waals surface area contributed by atoms with Gasteiger partial charge in [-0.1, -0.05) is 93.6 Å². The van der Waals surface area contributed by atoms with Crippen LogP contribution in [0.15, 0.2) is 90.3 Å². The van der Waals surface area contributed by atoms with Crippen LogP contribution in [0.2, 0.25) is 0 Å². The Balaban J connectivity index is 1.80. The van der Waals surface area contributed by atoms with Crippen LogP contribution in [0.1, 0.15) is 31.9 Å². The summed E-state index contributed by atoms with van der Waals surface area (Å²) in [4.78, 5) is 39.9. The summed E-state index contributed by atoms with van der Waals surface area (Å²) >= 11 is 0. The number of hydrogen-bond donors (Lipinski definition) is 4. The summed E-state index contributed by atoms with van der Waals surface area (Å²) in [5.74, 6) is -4.09. The van der Waals surface area contributed by atoms with Crippen molar-refractivity contribution in [1.29, 1.82) is 0 Å². The molecule has 0 bridgehead atoms. The number of rotatable bonds is 7. The van der Waals surface area contributed by atoms with E-state index in [4.69, 9.17) is 5.11 Å². The van der Waals surface area contributed by atoms with E-state index in [1.54, 1.807) is 24.3 Å². The van der Waals surface area contributed by atoms with Crippen molar-refractivity contribution < 1.29 is 29.7 Å². The highest BCUT2D eigenvalue weighted by Gasteiger charge is 2.43. The first-order chi connectivity index (χ1) is 18.5. The second-order valence-corrected chi connectivity index (χ2v) is 10.3. The molecule has 0 saturated heterocycles. The number of hydrogen-bond acceptors (Lipinski definition) is 6. The summed E-state index contributed by atoms with van der Waals surface area (Å²) in [5.41, 5.74) is 2.75. The molecule has 0 fully saturated rings. The van der Waals surface area contributed by atoms with Crippen molar-refractivity contribution in [2.24, 2.45) is 0 Å². The van der Waals surface area contributed by atoms with Gasteiger partial charge in [0.2, 0.25) is 12.2 Å². The third-order valence-corrected chi connectivity index (χ3v) is 6.49. The highest BCUT2D eigenvalue weighted by molar-refractivity contribution is 6.25. The van der Waals surface area contributed by atoms with E-state index in [1.165, 1.54) is 0 Å². The molecular weight excluding hydrogens is 498 g/mol. The van der Waals surface area contributed by atoms with Crippen molar-refractivity contribution in [1.82, 2.24) is 10.2 Å². The van der Waals surface area contributed by atoms with Crippen molar-refractivity contribution in [2.45, 2.75) is 39.1 Å². The Hall–Kier alpha value is -4.63. The third kappa shape index (κ3) is 5.78. The molecule has 3 aromatic rings. The van der Waals surface area contributed by atoms with Gasteiger partial charge in [-0.3, -0.25) is 24.2 Å². The van der Waals surface area contributed by atoms with Crippen molar-refractivity contribution in [2.75, 3.05) is 11.4 Å². The smallest absolute Gasteiger partial charge is 0.322 e. The lowest BCUT2D eigenvalue weighted by Gasteiger charge is -2.41. The van der Waals surface area contributed by atoms with Gasteiger partial charge in [0.1, 0.15) is 6.54 Å². The van der Waals surface area contributed by atoms with Crippen LogP contribution in [-0.2, 0) is 26.3 Å². The zero-order valence-corrected chi connectivity index (χ0v) is 22.0. The summed E-state index contributed by atoms with van der Waals surface area (Å²) < 4.78 is 0. The summed E-state index contributed by atoms with van der Waals surface area (Å²) in [6, 6.07) is 23.7.